The number of carbonyl (C=O) groups is 2. The van der Waals surface area contributed by atoms with E-state index in [9.17, 15) is 19.8 Å². The van der Waals surface area contributed by atoms with Gasteiger partial charge in [-0.2, -0.15) is 0 Å². The van der Waals surface area contributed by atoms with Gasteiger partial charge in [0.15, 0.2) is 5.60 Å². The Morgan fingerprint density at radius 1 is 1.27 bits per heavy atom. The summed E-state index contributed by atoms with van der Waals surface area (Å²) in [6.45, 7) is 6.75. The molecule has 1 unspecified atom stereocenters. The lowest BCUT2D eigenvalue weighted by molar-refractivity contribution is -0.143. The normalized spacial score (nSPS) is 25.1. The molecule has 0 radical (unpaired) electrons. The second kappa shape index (κ2) is 11.1. The number of fused-ring (bicyclic) bond motifs is 2. The number of anilines is 2. The third kappa shape index (κ3) is 5.32. The molecule has 1 saturated heterocycles. The smallest absolute Gasteiger partial charge is 0.261 e. The highest BCUT2D eigenvalue weighted by atomic mass is 28.4. The number of carbonyl (C=O) groups excluding carboxylic acids is 2. The van der Waals surface area contributed by atoms with Gasteiger partial charge in [0.2, 0.25) is 8.41 Å². The fraction of sp³-hybridized carbons (Fsp3) is 0.448. The van der Waals surface area contributed by atoms with E-state index in [-0.39, 0.29) is 18.4 Å². The predicted octanol–water partition coefficient (Wildman–Crippen LogP) is 3.54. The average molecular weight is 582 g/mol. The fourth-order valence-corrected chi connectivity index (χ4v) is 8.90. The maximum absolute atomic E-state index is 15.9. The lowest BCUT2D eigenvalue weighted by Crippen LogP contribution is -2.42. The van der Waals surface area contributed by atoms with Gasteiger partial charge in [0.05, 0.1) is 24.3 Å². The number of hydrogen-bond donors (Lipinski definition) is 4. The largest absolute Gasteiger partial charge is 0.395 e. The summed E-state index contributed by atoms with van der Waals surface area (Å²) in [5.41, 5.74) is 1.14. The van der Waals surface area contributed by atoms with Gasteiger partial charge in [-0.1, -0.05) is 42.5 Å². The van der Waals surface area contributed by atoms with E-state index >= 15 is 4.11 Å². The number of nitrogens with zero attached hydrogens (tertiary/aromatic N) is 3. The van der Waals surface area contributed by atoms with Gasteiger partial charge in [-0.05, 0) is 50.2 Å². The quantitative estimate of drug-likeness (QED) is 0.224. The van der Waals surface area contributed by atoms with E-state index in [1.54, 1.807) is 42.2 Å². The summed E-state index contributed by atoms with van der Waals surface area (Å²) in [5, 5.41) is 33.7. The summed E-state index contributed by atoms with van der Waals surface area (Å²) in [6.07, 6.45) is 0.405. The molecule has 0 bridgehead atoms. The molecule has 1 aromatic heterocycles. The molecule has 3 aromatic rings. The number of aliphatic hydroxyl groups excluding tert-OH is 2. The van der Waals surface area contributed by atoms with Crippen LogP contribution in [-0.2, 0) is 26.5 Å². The minimum Gasteiger partial charge on any atom is -0.395 e. The van der Waals surface area contributed by atoms with E-state index in [1.165, 1.54) is 6.92 Å². The highest BCUT2D eigenvalue weighted by molar-refractivity contribution is 6.72. The minimum absolute atomic E-state index is 0.119. The number of hydrogen-bond acceptors (Lipinski definition) is 7. The zero-order valence-electron chi connectivity index (χ0n) is 23.5. The first-order valence-electron chi connectivity index (χ1n) is 13.8. The summed E-state index contributed by atoms with van der Waals surface area (Å²) < 4.78 is 24.2. The van der Waals surface area contributed by atoms with Crippen molar-refractivity contribution in [2.45, 2.75) is 69.2 Å². The standard InChI is InChI=1S/C29H36FN5O5Si/c1-17-26(41(3,4)30)25(12-13-35-15-24(33-34-35)21(16-36)19-8-6-5-7-9-19)40-29(17)22-14-20(31-27(38)18(2)37)10-11-23(22)32-28(29)39/h5-11,14-15,17-18,21,25-26,36-37H,12-13,16H2,1-4H3,(H,31,38)(H,32,39)/t17-,18-,21?,25+,26-,29+/m0/s1. The number of amides is 2. The first-order chi connectivity index (χ1) is 19.5. The van der Waals surface area contributed by atoms with Crippen molar-refractivity contribution in [3.8, 4) is 0 Å². The topological polar surface area (TPSA) is 139 Å². The zero-order valence-corrected chi connectivity index (χ0v) is 24.5. The SMILES string of the molecule is C[C@H](O)C(=O)Nc1ccc2c(c1)[C@@]1(O[C@H](CCn3cc(C(CO)c4ccccc4)nn3)[C@@H]([Si](C)(C)F)[C@@H]1C)C(=O)N2. The molecule has 218 valence electrons. The predicted molar refractivity (Wildman–Crippen MR) is 153 cm³/mol. The fourth-order valence-electron chi connectivity index (χ4n) is 6.36. The van der Waals surface area contributed by atoms with Crippen molar-refractivity contribution in [3.05, 3.63) is 71.5 Å². The van der Waals surface area contributed by atoms with Gasteiger partial charge in [-0.15, -0.1) is 5.10 Å². The molecule has 10 nitrogen and oxygen atoms in total. The second-order valence-corrected chi connectivity index (χ2v) is 15.3. The number of aryl methyl sites for hydroxylation is 1. The van der Waals surface area contributed by atoms with Crippen LogP contribution in [0.25, 0.3) is 0 Å². The van der Waals surface area contributed by atoms with E-state index in [0.29, 0.717) is 35.6 Å². The number of nitrogens with one attached hydrogen (secondary N) is 2. The monoisotopic (exact) mass is 581 g/mol. The summed E-state index contributed by atoms with van der Waals surface area (Å²) in [6, 6.07) is 14.6. The van der Waals surface area contributed by atoms with Crippen molar-refractivity contribution >= 4 is 31.6 Å². The van der Waals surface area contributed by atoms with E-state index < -0.39 is 43.6 Å². The Morgan fingerprint density at radius 3 is 2.66 bits per heavy atom. The molecule has 2 aliphatic rings. The zero-order chi connectivity index (χ0) is 29.5. The van der Waals surface area contributed by atoms with Crippen molar-refractivity contribution in [2.75, 3.05) is 17.2 Å². The number of benzene rings is 2. The Balaban J connectivity index is 1.40. The molecule has 0 aliphatic carbocycles. The number of aliphatic hydroxyl groups is 2. The van der Waals surface area contributed by atoms with Gasteiger partial charge in [-0.3, -0.25) is 14.3 Å². The van der Waals surface area contributed by atoms with Crippen LogP contribution in [0.5, 0.6) is 0 Å². The van der Waals surface area contributed by atoms with Crippen LogP contribution < -0.4 is 10.6 Å². The number of rotatable bonds is 9. The highest BCUT2D eigenvalue weighted by Gasteiger charge is 2.65. The molecule has 5 rings (SSSR count). The molecule has 12 heteroatoms. The third-order valence-electron chi connectivity index (χ3n) is 8.30. The highest BCUT2D eigenvalue weighted by Crippen LogP contribution is 2.59. The van der Waals surface area contributed by atoms with Gasteiger partial charge in [0, 0.05) is 41.1 Å². The molecule has 3 heterocycles. The van der Waals surface area contributed by atoms with E-state index in [1.807, 2.05) is 37.3 Å². The molecule has 4 N–H and O–H groups in total. The molecule has 0 saturated carbocycles. The molecular formula is C29H36FN5O5Si. The first-order valence-corrected chi connectivity index (χ1v) is 16.8. The van der Waals surface area contributed by atoms with E-state index in [0.717, 1.165) is 5.56 Å². The van der Waals surface area contributed by atoms with Crippen molar-refractivity contribution in [1.29, 1.82) is 0 Å². The molecule has 1 spiro atoms. The summed E-state index contributed by atoms with van der Waals surface area (Å²) in [7, 11) is -3.34. The molecule has 1 fully saturated rings. The van der Waals surface area contributed by atoms with Gasteiger partial charge in [-0.25, -0.2) is 0 Å². The Morgan fingerprint density at radius 2 is 2.00 bits per heavy atom. The summed E-state index contributed by atoms with van der Waals surface area (Å²) in [4.78, 5) is 25.6. The molecule has 2 aromatic carbocycles. The van der Waals surface area contributed by atoms with Crippen molar-refractivity contribution in [3.63, 3.8) is 0 Å². The van der Waals surface area contributed by atoms with Crippen molar-refractivity contribution < 1.29 is 28.6 Å². The molecule has 2 aliphatic heterocycles. The van der Waals surface area contributed by atoms with Crippen LogP contribution in [0.1, 0.15) is 43.0 Å². The lowest BCUT2D eigenvalue weighted by Gasteiger charge is -2.30. The molecule has 2 amide bonds. The van der Waals surface area contributed by atoms with Crippen LogP contribution in [0.2, 0.25) is 18.6 Å². The number of ether oxygens (including phenoxy) is 1. The van der Waals surface area contributed by atoms with Crippen LogP contribution in [-0.4, -0.2) is 64.2 Å². The third-order valence-corrected chi connectivity index (χ3v) is 10.8. The van der Waals surface area contributed by atoms with Crippen molar-refractivity contribution in [1.82, 2.24) is 15.0 Å². The average Bonchev–Trinajstić information content (AvgIpc) is 3.59. The van der Waals surface area contributed by atoms with E-state index in [2.05, 4.69) is 20.9 Å². The lowest BCUT2D eigenvalue weighted by atomic mass is 9.82. The molecule has 6 atom stereocenters. The van der Waals surface area contributed by atoms with Crippen LogP contribution in [0.15, 0.2) is 54.7 Å². The maximum atomic E-state index is 15.9. The minimum atomic E-state index is -3.34. The van der Waals surface area contributed by atoms with Crippen LogP contribution >= 0.6 is 0 Å². The molecule has 41 heavy (non-hydrogen) atoms. The van der Waals surface area contributed by atoms with Crippen LogP contribution in [0.3, 0.4) is 0 Å². The Kier molecular flexibility index (Phi) is 7.85. The van der Waals surface area contributed by atoms with Gasteiger partial charge < -0.3 is 29.7 Å². The Bertz CT molecular complexity index is 1430. The van der Waals surface area contributed by atoms with Crippen LogP contribution in [0, 0.1) is 5.92 Å². The second-order valence-electron chi connectivity index (χ2n) is 11.5. The van der Waals surface area contributed by atoms with Gasteiger partial charge >= 0.3 is 0 Å². The van der Waals surface area contributed by atoms with Crippen LogP contribution in [0.4, 0.5) is 15.5 Å². The molecular weight excluding hydrogens is 545 g/mol. The van der Waals surface area contributed by atoms with Crippen molar-refractivity contribution in [2.24, 2.45) is 5.92 Å². The summed E-state index contributed by atoms with van der Waals surface area (Å²) >= 11 is 0. The Labute approximate surface area is 239 Å². The maximum Gasteiger partial charge on any atom is 0.261 e. The number of aromatic nitrogens is 3. The Hall–Kier alpha value is -3.45. The van der Waals surface area contributed by atoms with Gasteiger partial charge in [0.25, 0.3) is 11.8 Å². The first kappa shape index (κ1) is 29.1. The number of halogens is 1. The van der Waals surface area contributed by atoms with E-state index in [4.69, 9.17) is 4.74 Å². The van der Waals surface area contributed by atoms with Gasteiger partial charge in [0.1, 0.15) is 6.10 Å². The summed E-state index contributed by atoms with van der Waals surface area (Å²) in [5.74, 6) is -1.73.